The first kappa shape index (κ1) is 41.0. The third-order valence-corrected chi connectivity index (χ3v) is 10.2. The van der Waals surface area contributed by atoms with Gasteiger partial charge in [-0.15, -0.1) is 11.6 Å². The molecule has 5 rings (SSSR count). The highest BCUT2D eigenvalue weighted by atomic mass is 35.5. The Morgan fingerprint density at radius 3 is 2.59 bits per heavy atom. The van der Waals surface area contributed by atoms with E-state index in [-0.39, 0.29) is 45.0 Å². The predicted octanol–water partition coefficient (Wildman–Crippen LogP) is 6.67. The number of carbonyl (C=O) groups excluding carboxylic acids is 1. The number of carbonyl (C=O) groups is 1. The largest absolute Gasteiger partial charge is 0.488 e. The molecule has 2 aromatic carbocycles. The number of nitrogens with zero attached hydrogens (tertiary/aromatic N) is 3. The number of nitriles is 1. The van der Waals surface area contributed by atoms with Crippen LogP contribution in [0.5, 0.6) is 11.5 Å². The number of benzene rings is 2. The molecular weight excluding hydrogens is 731 g/mol. The highest BCUT2D eigenvalue weighted by Crippen LogP contribution is 2.48. The number of aliphatic hydroxyl groups excluding tert-OH is 2. The molecule has 1 fully saturated rings. The molecule has 3 atom stereocenters. The molecule has 13 heteroatoms. The number of alkyl halides is 1. The maximum Gasteiger partial charge on any atom is 0.410 e. The predicted molar refractivity (Wildman–Crippen MR) is 207 cm³/mol. The smallest absolute Gasteiger partial charge is 0.410 e. The number of halogens is 2. The monoisotopic (exact) mass is 778 g/mol. The Labute approximate surface area is 327 Å². The second kappa shape index (κ2) is 18.0. The maximum absolute atomic E-state index is 12.8. The zero-order chi connectivity index (χ0) is 38.9. The van der Waals surface area contributed by atoms with Gasteiger partial charge in [-0.05, 0) is 63.5 Å². The lowest BCUT2D eigenvalue weighted by molar-refractivity contribution is -0.0643. The van der Waals surface area contributed by atoms with Crippen molar-refractivity contribution in [1.82, 2.24) is 15.2 Å². The van der Waals surface area contributed by atoms with Crippen molar-refractivity contribution in [3.8, 4) is 17.6 Å². The summed E-state index contributed by atoms with van der Waals surface area (Å²) in [7, 11) is 0. The van der Waals surface area contributed by atoms with Crippen LogP contribution >= 0.6 is 23.2 Å². The molecule has 0 saturated carbocycles. The number of pyridine rings is 1. The van der Waals surface area contributed by atoms with E-state index in [9.17, 15) is 20.3 Å². The van der Waals surface area contributed by atoms with Gasteiger partial charge in [0, 0.05) is 55.1 Å². The molecule has 1 aliphatic carbocycles. The fraction of sp³-hybridized carbons (Fsp3) is 0.439. The number of hydrogen-bond acceptors (Lipinski definition) is 10. The minimum Gasteiger partial charge on any atom is -0.488 e. The summed E-state index contributed by atoms with van der Waals surface area (Å²) in [5, 5.41) is 32.0. The normalized spacial score (nSPS) is 21.1. The fourth-order valence-corrected chi connectivity index (χ4v) is 6.92. The second-order valence-corrected chi connectivity index (χ2v) is 15.9. The van der Waals surface area contributed by atoms with Gasteiger partial charge < -0.3 is 39.4 Å². The summed E-state index contributed by atoms with van der Waals surface area (Å²) in [6, 6.07) is 16.5. The van der Waals surface area contributed by atoms with Gasteiger partial charge in [-0.1, -0.05) is 54.1 Å². The van der Waals surface area contributed by atoms with E-state index in [1.54, 1.807) is 29.3 Å². The van der Waals surface area contributed by atoms with E-state index in [0.717, 1.165) is 17.6 Å². The molecular formula is C41H48Cl2N4O7. The van der Waals surface area contributed by atoms with E-state index in [4.69, 9.17) is 42.1 Å². The van der Waals surface area contributed by atoms with E-state index < -0.39 is 22.1 Å². The van der Waals surface area contributed by atoms with Gasteiger partial charge in [0.1, 0.15) is 46.9 Å². The average Bonchev–Trinajstić information content (AvgIpc) is 3.63. The van der Waals surface area contributed by atoms with E-state index >= 15 is 0 Å². The molecule has 1 aliphatic heterocycles. The number of ether oxygens (including phenoxy) is 4. The van der Waals surface area contributed by atoms with Crippen LogP contribution < -0.4 is 14.8 Å². The number of allylic oxidation sites excluding steroid dienone is 2. The zero-order valence-electron chi connectivity index (χ0n) is 31.1. The lowest BCUT2D eigenvalue weighted by atomic mass is 9.76. The Balaban J connectivity index is 1.42. The summed E-state index contributed by atoms with van der Waals surface area (Å²) in [6.07, 6.45) is 9.30. The van der Waals surface area contributed by atoms with E-state index in [2.05, 4.69) is 16.4 Å². The first-order valence-corrected chi connectivity index (χ1v) is 18.7. The Hall–Kier alpha value is -4.15. The van der Waals surface area contributed by atoms with Crippen LogP contribution in [0.1, 0.15) is 56.4 Å². The number of aliphatic hydroxyl groups is 2. The van der Waals surface area contributed by atoms with Crippen LogP contribution in [0.15, 0.2) is 79.2 Å². The molecule has 288 valence electrons. The summed E-state index contributed by atoms with van der Waals surface area (Å²) in [5.41, 5.74) is 1.75. The molecule has 54 heavy (non-hydrogen) atoms. The zero-order valence-corrected chi connectivity index (χ0v) is 32.6. The van der Waals surface area contributed by atoms with Crippen molar-refractivity contribution in [2.45, 2.75) is 69.4 Å². The third kappa shape index (κ3) is 10.1. The summed E-state index contributed by atoms with van der Waals surface area (Å²) < 4.78 is 25.3. The van der Waals surface area contributed by atoms with Crippen LogP contribution in [0, 0.1) is 17.2 Å². The topological polar surface area (TPSA) is 146 Å². The molecule has 0 spiro atoms. The van der Waals surface area contributed by atoms with Crippen molar-refractivity contribution >= 4 is 34.9 Å². The molecule has 2 heterocycles. The molecule has 11 nitrogen and oxygen atoms in total. The SMILES string of the molecule is CC(C)(C)OC(=O)N1CC[C@H](COC2(COc3cc(OCc4cncc(C#N)c4)c(CNC(CO)CO)cc3Cl)C=CC=C(c3ccccc3)C2(C)Cl)C1. The van der Waals surface area contributed by atoms with Crippen LogP contribution in [-0.4, -0.2) is 87.8 Å². The molecule has 1 aromatic heterocycles. The van der Waals surface area contributed by atoms with Crippen molar-refractivity contribution < 1.29 is 34.0 Å². The van der Waals surface area contributed by atoms with E-state index in [1.807, 2.05) is 76.3 Å². The van der Waals surface area contributed by atoms with Crippen molar-refractivity contribution in [3.63, 3.8) is 0 Å². The molecule has 2 unspecified atom stereocenters. The van der Waals surface area contributed by atoms with E-state index in [1.165, 1.54) is 6.20 Å². The summed E-state index contributed by atoms with van der Waals surface area (Å²) >= 11 is 14.5. The third-order valence-electron chi connectivity index (χ3n) is 9.43. The number of amides is 1. The van der Waals surface area contributed by atoms with Crippen LogP contribution in [0.4, 0.5) is 4.79 Å². The number of likely N-dealkylation sites (tertiary alicyclic amines) is 1. The Morgan fingerprint density at radius 2 is 1.89 bits per heavy atom. The minimum absolute atomic E-state index is 0.0296. The number of aromatic nitrogens is 1. The van der Waals surface area contributed by atoms with Gasteiger partial charge in [0.25, 0.3) is 0 Å². The summed E-state index contributed by atoms with van der Waals surface area (Å²) in [4.78, 5) is 17.6. The minimum atomic E-state index is -1.18. The second-order valence-electron chi connectivity index (χ2n) is 14.7. The first-order valence-electron chi connectivity index (χ1n) is 17.9. The van der Waals surface area contributed by atoms with Crippen LogP contribution in [0.3, 0.4) is 0 Å². The summed E-state index contributed by atoms with van der Waals surface area (Å²) in [6.45, 7) is 8.57. The van der Waals surface area contributed by atoms with Gasteiger partial charge in [-0.3, -0.25) is 4.98 Å². The number of hydrogen-bond donors (Lipinski definition) is 3. The fourth-order valence-electron chi connectivity index (χ4n) is 6.34. The Bertz CT molecular complexity index is 1850. The molecule has 1 saturated heterocycles. The highest BCUT2D eigenvalue weighted by Gasteiger charge is 2.52. The lowest BCUT2D eigenvalue weighted by Crippen LogP contribution is -2.55. The molecule has 3 N–H and O–H groups in total. The van der Waals surface area contributed by atoms with Crippen molar-refractivity contribution in [2.24, 2.45) is 5.92 Å². The van der Waals surface area contributed by atoms with Crippen molar-refractivity contribution in [1.29, 1.82) is 5.26 Å². The van der Waals surface area contributed by atoms with Crippen LogP contribution in [0.2, 0.25) is 5.02 Å². The van der Waals surface area contributed by atoms with Gasteiger partial charge in [-0.25, -0.2) is 4.79 Å². The van der Waals surface area contributed by atoms with Gasteiger partial charge >= 0.3 is 6.09 Å². The Kier molecular flexibility index (Phi) is 13.7. The van der Waals surface area contributed by atoms with Gasteiger partial charge in [0.15, 0.2) is 0 Å². The van der Waals surface area contributed by atoms with Crippen LogP contribution in [0.25, 0.3) is 5.57 Å². The molecule has 3 aromatic rings. The quantitative estimate of drug-likeness (QED) is 0.143. The van der Waals surface area contributed by atoms with Gasteiger partial charge in [0.2, 0.25) is 0 Å². The van der Waals surface area contributed by atoms with Crippen molar-refractivity contribution in [3.05, 3.63) is 106 Å². The van der Waals surface area contributed by atoms with Gasteiger partial charge in [-0.2, -0.15) is 5.26 Å². The standard InChI is InChI=1S/C41H48Cl2N4O7/c1-39(2,3)54-38(50)47-14-12-28(22-47)26-53-41(13-8-11-34(40(41,4)43)31-9-6-5-7-10-31)27-52-37-17-36(51-25-30-15-29(18-44)19-45-20-30)32(16-35(37)42)21-46-33(23-48)24-49/h5-11,13,15-17,19-20,28,33,46,48-49H,12,14,21-27H2,1-4H3/t28-,40?,41?/m0/s1. The lowest BCUT2D eigenvalue weighted by Gasteiger charge is -2.46. The first-order chi connectivity index (χ1) is 25.8. The molecule has 0 radical (unpaired) electrons. The van der Waals surface area contributed by atoms with E-state index in [0.29, 0.717) is 52.9 Å². The molecule has 2 aliphatic rings. The molecule has 0 bridgehead atoms. The Morgan fingerprint density at radius 1 is 1.13 bits per heavy atom. The van der Waals surface area contributed by atoms with Crippen LogP contribution in [-0.2, 0) is 22.6 Å². The van der Waals surface area contributed by atoms with Crippen molar-refractivity contribution in [2.75, 3.05) is 39.5 Å². The number of nitrogens with one attached hydrogen (secondary N) is 1. The maximum atomic E-state index is 12.8. The molecule has 1 amide bonds. The highest BCUT2D eigenvalue weighted by molar-refractivity contribution is 6.32. The average molecular weight is 780 g/mol. The van der Waals surface area contributed by atoms with Gasteiger partial charge in [0.05, 0.1) is 36.4 Å². The number of rotatable bonds is 15. The summed E-state index contributed by atoms with van der Waals surface area (Å²) in [5.74, 6) is 0.781.